The molecule has 0 saturated heterocycles. The first-order chi connectivity index (χ1) is 12.4. The monoisotopic (exact) mass is 389 g/mol. The van der Waals surface area contributed by atoms with Gasteiger partial charge in [0.25, 0.3) is 11.8 Å². The highest BCUT2D eigenvalue weighted by Gasteiger charge is 2.20. The maximum absolute atomic E-state index is 12.4. The molecule has 1 aromatic carbocycles. The van der Waals surface area contributed by atoms with E-state index < -0.39 is 17.9 Å². The van der Waals surface area contributed by atoms with Crippen LogP contribution < -0.4 is 10.6 Å². The molecule has 0 aliphatic heterocycles. The van der Waals surface area contributed by atoms with Gasteiger partial charge in [-0.1, -0.05) is 12.1 Å². The second-order valence-electron chi connectivity index (χ2n) is 5.51. The van der Waals surface area contributed by atoms with E-state index in [1.54, 1.807) is 19.2 Å². The molecule has 3 rings (SSSR count). The molecule has 2 N–H and O–H groups in total. The molecular weight excluding hydrogens is 374 g/mol. The molecule has 0 fully saturated rings. The Morgan fingerprint density at radius 3 is 2.62 bits per heavy atom. The van der Waals surface area contributed by atoms with Gasteiger partial charge in [0.2, 0.25) is 0 Å². The minimum absolute atomic E-state index is 0.185. The first kappa shape index (κ1) is 18.0. The van der Waals surface area contributed by atoms with Crippen LogP contribution in [0.15, 0.2) is 35.7 Å². The van der Waals surface area contributed by atoms with Gasteiger partial charge in [0.15, 0.2) is 5.01 Å². The zero-order chi connectivity index (χ0) is 18.7. The summed E-state index contributed by atoms with van der Waals surface area (Å²) in [6.45, 7) is 3.36. The number of para-hydroxylation sites is 1. The summed E-state index contributed by atoms with van der Waals surface area (Å²) in [6, 6.07) is 8.96. The molecule has 134 valence electrons. The smallest absolute Gasteiger partial charge is 0.414 e. The van der Waals surface area contributed by atoms with E-state index in [2.05, 4.69) is 15.6 Å². The van der Waals surface area contributed by atoms with Gasteiger partial charge in [0.05, 0.1) is 21.9 Å². The van der Waals surface area contributed by atoms with E-state index in [-0.39, 0.29) is 11.7 Å². The van der Waals surface area contributed by atoms with Gasteiger partial charge in [-0.2, -0.15) is 0 Å². The Hall–Kier alpha value is -2.78. The molecule has 26 heavy (non-hydrogen) atoms. The number of nitrogens with one attached hydrogen (secondary N) is 2. The van der Waals surface area contributed by atoms with Crippen LogP contribution in [0.2, 0.25) is 0 Å². The number of alkyl carbamates (subject to hydrolysis) is 1. The first-order valence-corrected chi connectivity index (χ1v) is 9.40. The first-order valence-electron chi connectivity index (χ1n) is 7.70. The SMILES string of the molecule is CC(C)OC(=O)NC(=O)c1ccsc1NC(=O)c1nc2ccccc2s1. The fourth-order valence-corrected chi connectivity index (χ4v) is 3.75. The van der Waals surface area contributed by atoms with Gasteiger partial charge in [-0.15, -0.1) is 22.7 Å². The average Bonchev–Trinajstić information content (AvgIpc) is 3.20. The number of carbonyl (C=O) groups is 3. The minimum atomic E-state index is -0.834. The lowest BCUT2D eigenvalue weighted by Crippen LogP contribution is -2.32. The third kappa shape index (κ3) is 4.06. The molecule has 3 amide bonds. The molecule has 0 spiro atoms. The second-order valence-corrected chi connectivity index (χ2v) is 7.46. The summed E-state index contributed by atoms with van der Waals surface area (Å²) in [5.41, 5.74) is 0.924. The van der Waals surface area contributed by atoms with Crippen LogP contribution in [0.5, 0.6) is 0 Å². The molecule has 0 atom stereocenters. The number of imide groups is 1. The van der Waals surface area contributed by atoms with Gasteiger partial charge in [-0.25, -0.2) is 9.78 Å². The van der Waals surface area contributed by atoms with Crippen molar-refractivity contribution in [3.8, 4) is 0 Å². The van der Waals surface area contributed by atoms with E-state index in [0.29, 0.717) is 10.0 Å². The number of hydrogen-bond donors (Lipinski definition) is 2. The van der Waals surface area contributed by atoms with Gasteiger partial charge >= 0.3 is 6.09 Å². The van der Waals surface area contributed by atoms with Crippen molar-refractivity contribution in [1.29, 1.82) is 0 Å². The van der Waals surface area contributed by atoms with E-state index in [0.717, 1.165) is 10.2 Å². The van der Waals surface area contributed by atoms with Crippen molar-refractivity contribution < 1.29 is 19.1 Å². The molecule has 2 heterocycles. The van der Waals surface area contributed by atoms with Gasteiger partial charge in [-0.05, 0) is 37.4 Å². The number of nitrogens with zero attached hydrogens (tertiary/aromatic N) is 1. The van der Waals surface area contributed by atoms with E-state index in [1.807, 2.05) is 24.3 Å². The van der Waals surface area contributed by atoms with E-state index in [1.165, 1.54) is 28.7 Å². The topological polar surface area (TPSA) is 97.4 Å². The van der Waals surface area contributed by atoms with Crippen molar-refractivity contribution in [2.45, 2.75) is 20.0 Å². The number of carbonyl (C=O) groups excluding carboxylic acids is 3. The van der Waals surface area contributed by atoms with Crippen LogP contribution in [0, 0.1) is 0 Å². The molecule has 3 aromatic rings. The molecule has 0 radical (unpaired) electrons. The van der Waals surface area contributed by atoms with Crippen molar-refractivity contribution >= 4 is 55.8 Å². The summed E-state index contributed by atoms with van der Waals surface area (Å²) in [6.07, 6.45) is -1.18. The maximum atomic E-state index is 12.4. The Morgan fingerprint density at radius 1 is 1.12 bits per heavy atom. The van der Waals surface area contributed by atoms with Crippen LogP contribution >= 0.6 is 22.7 Å². The number of anilines is 1. The third-order valence-electron chi connectivity index (χ3n) is 3.18. The Labute approximate surface area is 157 Å². The highest BCUT2D eigenvalue weighted by atomic mass is 32.1. The third-order valence-corrected chi connectivity index (χ3v) is 5.05. The summed E-state index contributed by atoms with van der Waals surface area (Å²) in [5.74, 6) is -1.05. The minimum Gasteiger partial charge on any atom is -0.447 e. The Morgan fingerprint density at radius 2 is 1.88 bits per heavy atom. The van der Waals surface area contributed by atoms with Gasteiger partial charge in [-0.3, -0.25) is 14.9 Å². The summed E-state index contributed by atoms with van der Waals surface area (Å²) < 4.78 is 5.78. The molecule has 0 aliphatic rings. The van der Waals surface area contributed by atoms with E-state index in [4.69, 9.17) is 4.74 Å². The summed E-state index contributed by atoms with van der Waals surface area (Å²) >= 11 is 2.45. The van der Waals surface area contributed by atoms with Crippen LogP contribution in [0.4, 0.5) is 9.80 Å². The summed E-state index contributed by atoms with van der Waals surface area (Å²) in [4.78, 5) is 40.5. The number of rotatable bonds is 4. The maximum Gasteiger partial charge on any atom is 0.414 e. The van der Waals surface area contributed by atoms with Crippen LogP contribution in [0.1, 0.15) is 34.0 Å². The van der Waals surface area contributed by atoms with Gasteiger partial charge in [0, 0.05) is 0 Å². The zero-order valence-electron chi connectivity index (χ0n) is 13.9. The summed E-state index contributed by atoms with van der Waals surface area (Å²) in [7, 11) is 0. The summed E-state index contributed by atoms with van der Waals surface area (Å²) in [5, 5.41) is 7.09. The van der Waals surface area contributed by atoms with Crippen molar-refractivity contribution in [3.63, 3.8) is 0 Å². The van der Waals surface area contributed by atoms with Gasteiger partial charge in [0.1, 0.15) is 5.00 Å². The molecule has 0 bridgehead atoms. The quantitative estimate of drug-likeness (QED) is 0.706. The number of fused-ring (bicyclic) bond motifs is 1. The number of benzene rings is 1. The number of aromatic nitrogens is 1. The Bertz CT molecular complexity index is 944. The number of thiophene rings is 1. The van der Waals surface area contributed by atoms with Crippen LogP contribution in [-0.2, 0) is 4.74 Å². The standard InChI is InChI=1S/C17H15N3O4S2/c1-9(2)24-17(23)20-13(21)10-7-8-25-15(10)19-14(22)16-18-11-5-3-4-6-12(11)26-16/h3-9H,1-2H3,(H,19,22)(H,20,21,23). The van der Waals surface area contributed by atoms with Crippen molar-refractivity contribution in [1.82, 2.24) is 10.3 Å². The lowest BCUT2D eigenvalue weighted by molar-refractivity contribution is 0.0877. The fraction of sp³-hybridized carbons (Fsp3) is 0.176. The molecule has 0 unspecified atom stereocenters. The molecule has 9 heteroatoms. The Balaban J connectivity index is 1.72. The van der Waals surface area contributed by atoms with Crippen LogP contribution in [0.3, 0.4) is 0 Å². The second kappa shape index (κ2) is 7.63. The average molecular weight is 389 g/mol. The fourth-order valence-electron chi connectivity index (χ4n) is 2.11. The lowest BCUT2D eigenvalue weighted by atomic mass is 10.3. The molecule has 2 aromatic heterocycles. The highest BCUT2D eigenvalue weighted by molar-refractivity contribution is 7.20. The predicted octanol–water partition coefficient (Wildman–Crippen LogP) is 3.88. The number of ether oxygens (including phenoxy) is 1. The molecular formula is C17H15N3O4S2. The highest BCUT2D eigenvalue weighted by Crippen LogP contribution is 2.26. The number of hydrogen-bond acceptors (Lipinski definition) is 7. The van der Waals surface area contributed by atoms with Gasteiger partial charge < -0.3 is 10.1 Å². The zero-order valence-corrected chi connectivity index (χ0v) is 15.6. The number of thiazole rings is 1. The van der Waals surface area contributed by atoms with E-state index >= 15 is 0 Å². The molecule has 0 aliphatic carbocycles. The normalized spacial score (nSPS) is 10.7. The van der Waals surface area contributed by atoms with Crippen LogP contribution in [0.25, 0.3) is 10.2 Å². The van der Waals surface area contributed by atoms with Crippen molar-refractivity contribution in [3.05, 3.63) is 46.3 Å². The number of amides is 3. The lowest BCUT2D eigenvalue weighted by Gasteiger charge is -2.09. The largest absolute Gasteiger partial charge is 0.447 e. The van der Waals surface area contributed by atoms with Crippen molar-refractivity contribution in [2.24, 2.45) is 0 Å². The van der Waals surface area contributed by atoms with E-state index in [9.17, 15) is 14.4 Å². The van der Waals surface area contributed by atoms with Crippen molar-refractivity contribution in [2.75, 3.05) is 5.32 Å². The molecule has 0 saturated carbocycles. The Kier molecular flexibility index (Phi) is 5.29. The predicted molar refractivity (Wildman–Crippen MR) is 101 cm³/mol. The molecule has 7 nitrogen and oxygen atoms in total. The van der Waals surface area contributed by atoms with Crippen LogP contribution in [-0.4, -0.2) is 29.0 Å².